The van der Waals surface area contributed by atoms with Gasteiger partial charge in [-0.1, -0.05) is 37.7 Å². The van der Waals surface area contributed by atoms with Crippen LogP contribution in [-0.2, 0) is 4.79 Å². The average molecular weight is 331 g/mol. The van der Waals surface area contributed by atoms with E-state index in [1.54, 1.807) is 4.68 Å². The van der Waals surface area contributed by atoms with Gasteiger partial charge in [0.1, 0.15) is 0 Å². The lowest BCUT2D eigenvalue weighted by Crippen LogP contribution is -2.32. The molecule has 1 atom stereocenters. The summed E-state index contributed by atoms with van der Waals surface area (Å²) in [5.41, 5.74) is 2.17. The van der Waals surface area contributed by atoms with Crippen LogP contribution in [0, 0.1) is 0 Å². The molecule has 1 fully saturated rings. The van der Waals surface area contributed by atoms with Crippen LogP contribution in [0.25, 0.3) is 5.69 Å². The van der Waals surface area contributed by atoms with Crippen LogP contribution >= 0.6 is 11.8 Å². The summed E-state index contributed by atoms with van der Waals surface area (Å²) in [6.07, 6.45) is 2.17. The Morgan fingerprint density at radius 1 is 1.26 bits per heavy atom. The van der Waals surface area contributed by atoms with Crippen LogP contribution in [-0.4, -0.2) is 37.4 Å². The molecule has 1 aliphatic carbocycles. The fourth-order valence-corrected chi connectivity index (χ4v) is 2.99. The van der Waals surface area contributed by atoms with Gasteiger partial charge in [0.05, 0.1) is 10.9 Å². The molecule has 3 rings (SSSR count). The maximum Gasteiger partial charge on any atom is 0.233 e. The van der Waals surface area contributed by atoms with Crippen LogP contribution in [0.5, 0.6) is 0 Å². The van der Waals surface area contributed by atoms with Crippen molar-refractivity contribution in [2.24, 2.45) is 0 Å². The van der Waals surface area contributed by atoms with E-state index in [0.717, 1.165) is 18.5 Å². The quantitative estimate of drug-likeness (QED) is 0.824. The van der Waals surface area contributed by atoms with E-state index in [2.05, 4.69) is 46.8 Å². The second-order valence-corrected chi connectivity index (χ2v) is 7.47. The smallest absolute Gasteiger partial charge is 0.233 e. The lowest BCUT2D eigenvalue weighted by molar-refractivity contribution is -0.120. The molecule has 0 bridgehead atoms. The number of amides is 1. The van der Waals surface area contributed by atoms with E-state index in [9.17, 15) is 4.79 Å². The molecule has 0 radical (unpaired) electrons. The van der Waals surface area contributed by atoms with Gasteiger partial charge in [-0.25, -0.2) is 0 Å². The molecule has 1 aromatic carbocycles. The van der Waals surface area contributed by atoms with E-state index in [-0.39, 0.29) is 11.2 Å². The zero-order valence-corrected chi connectivity index (χ0v) is 14.4. The summed E-state index contributed by atoms with van der Waals surface area (Å²) in [5, 5.41) is 15.3. The highest BCUT2D eigenvalue weighted by molar-refractivity contribution is 8.00. The molecule has 1 N–H and O–H groups in total. The van der Waals surface area contributed by atoms with Crippen molar-refractivity contribution in [3.05, 3.63) is 29.8 Å². The molecule has 1 aliphatic rings. The first-order chi connectivity index (χ1) is 11.0. The normalized spacial score (nSPS) is 15.7. The van der Waals surface area contributed by atoms with Crippen LogP contribution in [0.2, 0.25) is 0 Å². The summed E-state index contributed by atoms with van der Waals surface area (Å²) in [6.45, 7) is 6.20. The zero-order chi connectivity index (χ0) is 16.4. The van der Waals surface area contributed by atoms with Crippen molar-refractivity contribution in [2.75, 3.05) is 0 Å². The van der Waals surface area contributed by atoms with Crippen LogP contribution in [0.15, 0.2) is 29.4 Å². The van der Waals surface area contributed by atoms with Crippen LogP contribution in [0.1, 0.15) is 45.1 Å². The third-order valence-corrected chi connectivity index (χ3v) is 4.85. The Balaban J connectivity index is 1.72. The lowest BCUT2D eigenvalue weighted by Gasteiger charge is -2.11. The average Bonchev–Trinajstić information content (AvgIpc) is 3.23. The van der Waals surface area contributed by atoms with Gasteiger partial charge in [-0.05, 0) is 53.8 Å². The summed E-state index contributed by atoms with van der Waals surface area (Å²) in [4.78, 5) is 12.1. The van der Waals surface area contributed by atoms with E-state index < -0.39 is 0 Å². The predicted molar refractivity (Wildman–Crippen MR) is 89.7 cm³/mol. The van der Waals surface area contributed by atoms with Gasteiger partial charge < -0.3 is 5.32 Å². The lowest BCUT2D eigenvalue weighted by atomic mass is 10.0. The van der Waals surface area contributed by atoms with Gasteiger partial charge in [0.15, 0.2) is 0 Å². The first-order valence-corrected chi connectivity index (χ1v) is 8.78. The van der Waals surface area contributed by atoms with Crippen molar-refractivity contribution < 1.29 is 4.79 Å². The minimum atomic E-state index is -0.227. The molecule has 0 aliphatic heterocycles. The van der Waals surface area contributed by atoms with Crippen molar-refractivity contribution in [3.63, 3.8) is 0 Å². The largest absolute Gasteiger partial charge is 0.352 e. The zero-order valence-electron chi connectivity index (χ0n) is 13.6. The number of rotatable bonds is 6. The van der Waals surface area contributed by atoms with Crippen molar-refractivity contribution in [2.45, 2.75) is 56.0 Å². The van der Waals surface area contributed by atoms with Gasteiger partial charge in [-0.15, -0.1) is 5.10 Å². The van der Waals surface area contributed by atoms with Gasteiger partial charge in [0.2, 0.25) is 11.1 Å². The van der Waals surface area contributed by atoms with E-state index in [0.29, 0.717) is 17.1 Å². The molecule has 1 amide bonds. The van der Waals surface area contributed by atoms with Crippen LogP contribution in [0.4, 0.5) is 0 Å². The van der Waals surface area contributed by atoms with Gasteiger partial charge in [-0.2, -0.15) is 4.68 Å². The van der Waals surface area contributed by atoms with E-state index in [1.165, 1.54) is 17.3 Å². The van der Waals surface area contributed by atoms with Crippen molar-refractivity contribution >= 4 is 17.7 Å². The minimum Gasteiger partial charge on any atom is -0.352 e. The molecule has 6 nitrogen and oxygen atoms in total. The van der Waals surface area contributed by atoms with E-state index in [1.807, 2.05) is 19.1 Å². The molecule has 0 spiro atoms. The number of thioether (sulfide) groups is 1. The van der Waals surface area contributed by atoms with Crippen LogP contribution in [0.3, 0.4) is 0 Å². The first-order valence-electron chi connectivity index (χ1n) is 7.90. The Bertz CT molecular complexity index is 678. The molecule has 0 unspecified atom stereocenters. The van der Waals surface area contributed by atoms with Crippen molar-refractivity contribution in [1.29, 1.82) is 0 Å². The fourth-order valence-electron chi connectivity index (χ4n) is 2.17. The Kier molecular flexibility index (Phi) is 4.66. The molecule has 122 valence electrons. The summed E-state index contributed by atoms with van der Waals surface area (Å²) >= 11 is 1.37. The number of carbonyl (C=O) groups is 1. The Hall–Kier alpha value is -1.89. The highest BCUT2D eigenvalue weighted by Gasteiger charge is 2.27. The number of benzene rings is 1. The highest BCUT2D eigenvalue weighted by Crippen LogP contribution is 2.25. The molecular weight excluding hydrogens is 310 g/mol. The topological polar surface area (TPSA) is 72.7 Å². The van der Waals surface area contributed by atoms with Crippen molar-refractivity contribution in [1.82, 2.24) is 25.5 Å². The second-order valence-electron chi connectivity index (χ2n) is 6.16. The van der Waals surface area contributed by atoms with Crippen molar-refractivity contribution in [3.8, 4) is 5.69 Å². The predicted octanol–water partition coefficient (Wildman–Crippen LogP) is 2.54. The number of hydrogen-bond donors (Lipinski definition) is 1. The number of carbonyl (C=O) groups excluding carboxylic acids is 1. The number of aromatic nitrogens is 4. The molecule has 1 saturated carbocycles. The molecule has 1 heterocycles. The molecule has 1 aromatic heterocycles. The summed E-state index contributed by atoms with van der Waals surface area (Å²) in [5.74, 6) is 0.528. The summed E-state index contributed by atoms with van der Waals surface area (Å²) in [6, 6.07) is 8.54. The number of hydrogen-bond acceptors (Lipinski definition) is 5. The summed E-state index contributed by atoms with van der Waals surface area (Å²) < 4.78 is 1.68. The van der Waals surface area contributed by atoms with Gasteiger partial charge in [0, 0.05) is 6.04 Å². The SMILES string of the molecule is CC(C)c1ccc(-n2nnnc2S[C@@H](C)C(=O)NC2CC2)cc1. The Morgan fingerprint density at radius 3 is 2.57 bits per heavy atom. The third kappa shape index (κ3) is 3.90. The summed E-state index contributed by atoms with van der Waals surface area (Å²) in [7, 11) is 0. The third-order valence-electron chi connectivity index (χ3n) is 3.82. The van der Waals surface area contributed by atoms with Gasteiger partial charge in [0.25, 0.3) is 0 Å². The maximum atomic E-state index is 12.1. The fraction of sp³-hybridized carbons (Fsp3) is 0.500. The maximum absolute atomic E-state index is 12.1. The highest BCUT2D eigenvalue weighted by atomic mass is 32.2. The molecule has 7 heteroatoms. The molecular formula is C16H21N5OS. The van der Waals surface area contributed by atoms with E-state index in [4.69, 9.17) is 0 Å². The monoisotopic (exact) mass is 331 g/mol. The van der Waals surface area contributed by atoms with Gasteiger partial charge >= 0.3 is 0 Å². The Labute approximate surface area is 140 Å². The number of nitrogens with zero attached hydrogens (tertiary/aromatic N) is 4. The standard InChI is InChI=1S/C16H21N5OS/c1-10(2)12-4-8-14(9-5-12)21-16(18-19-20-21)23-11(3)15(22)17-13-6-7-13/h4-5,8-11,13H,6-7H2,1-3H3,(H,17,22)/t11-/m0/s1. The number of tetrazole rings is 1. The second kappa shape index (κ2) is 6.70. The molecule has 23 heavy (non-hydrogen) atoms. The Morgan fingerprint density at radius 2 is 1.96 bits per heavy atom. The first kappa shape index (κ1) is 16.0. The van der Waals surface area contributed by atoms with Crippen LogP contribution < -0.4 is 5.32 Å². The number of nitrogens with one attached hydrogen (secondary N) is 1. The van der Waals surface area contributed by atoms with Gasteiger partial charge in [-0.3, -0.25) is 4.79 Å². The molecule has 2 aromatic rings. The minimum absolute atomic E-state index is 0.0437. The molecule has 0 saturated heterocycles. The van der Waals surface area contributed by atoms with E-state index >= 15 is 0 Å².